The summed E-state index contributed by atoms with van der Waals surface area (Å²) in [4.78, 5) is 6.39. The summed E-state index contributed by atoms with van der Waals surface area (Å²) in [5.41, 5.74) is 2.26. The molecule has 2 atom stereocenters. The van der Waals surface area contributed by atoms with Crippen LogP contribution in [0, 0.1) is 6.92 Å². The summed E-state index contributed by atoms with van der Waals surface area (Å²) in [5, 5.41) is 19.7. The van der Waals surface area contributed by atoms with Gasteiger partial charge in [-0.3, -0.25) is 15.0 Å². The standard InChI is InChI=1S/C19H22N4O2/c1-13-16(10-21-22-13)11-23-7-5-19(18(24)12-23)25-17-3-2-14-4-6-20-9-15(14)8-17/h2-4,6,8-10,18-19,24H,5,7,11-12H2,1H3,(H,21,22)/t18-,19-/m1/s1. The number of likely N-dealkylation sites (tertiary alicyclic amines) is 1. The van der Waals surface area contributed by atoms with E-state index in [4.69, 9.17) is 4.74 Å². The van der Waals surface area contributed by atoms with E-state index in [-0.39, 0.29) is 6.10 Å². The van der Waals surface area contributed by atoms with Gasteiger partial charge in [0.1, 0.15) is 18.0 Å². The fourth-order valence-electron chi connectivity index (χ4n) is 3.34. The molecule has 0 amide bonds. The average Bonchev–Trinajstić information content (AvgIpc) is 3.02. The second-order valence-electron chi connectivity index (χ2n) is 6.65. The molecule has 4 rings (SSSR count). The number of β-amino-alcohol motifs (C(OH)–C–C–N with tert-alkyl or cyclic N) is 1. The van der Waals surface area contributed by atoms with Crippen LogP contribution < -0.4 is 4.74 Å². The lowest BCUT2D eigenvalue weighted by molar-refractivity contribution is -0.0274. The van der Waals surface area contributed by atoms with E-state index in [0.29, 0.717) is 6.54 Å². The van der Waals surface area contributed by atoms with Gasteiger partial charge in [-0.25, -0.2) is 0 Å². The minimum Gasteiger partial charge on any atom is -0.488 e. The molecule has 0 aliphatic carbocycles. The number of pyridine rings is 1. The zero-order valence-electron chi connectivity index (χ0n) is 14.2. The number of H-pyrrole nitrogens is 1. The number of aryl methyl sites for hydroxylation is 1. The molecule has 0 radical (unpaired) electrons. The molecular weight excluding hydrogens is 316 g/mol. The van der Waals surface area contributed by atoms with Crippen molar-refractivity contribution < 1.29 is 9.84 Å². The molecule has 0 saturated carbocycles. The number of aliphatic hydroxyl groups is 1. The van der Waals surface area contributed by atoms with Crippen LogP contribution in [0.4, 0.5) is 0 Å². The summed E-state index contributed by atoms with van der Waals surface area (Å²) in [7, 11) is 0. The number of ether oxygens (including phenoxy) is 1. The largest absolute Gasteiger partial charge is 0.488 e. The van der Waals surface area contributed by atoms with E-state index < -0.39 is 6.10 Å². The minimum atomic E-state index is -0.509. The van der Waals surface area contributed by atoms with Crippen LogP contribution in [0.25, 0.3) is 10.8 Å². The van der Waals surface area contributed by atoms with E-state index in [1.807, 2.05) is 43.6 Å². The molecule has 2 N–H and O–H groups in total. The van der Waals surface area contributed by atoms with Crippen LogP contribution in [0.2, 0.25) is 0 Å². The number of nitrogens with zero attached hydrogens (tertiary/aromatic N) is 3. The van der Waals surface area contributed by atoms with Gasteiger partial charge in [0.15, 0.2) is 0 Å². The Balaban J connectivity index is 1.39. The summed E-state index contributed by atoms with van der Waals surface area (Å²) >= 11 is 0. The number of aromatic nitrogens is 3. The molecule has 3 heterocycles. The quantitative estimate of drug-likeness (QED) is 0.763. The highest BCUT2D eigenvalue weighted by atomic mass is 16.5. The van der Waals surface area contributed by atoms with Crippen molar-refractivity contribution in [1.29, 1.82) is 0 Å². The Morgan fingerprint density at radius 1 is 1.28 bits per heavy atom. The lowest BCUT2D eigenvalue weighted by atomic mass is 10.0. The van der Waals surface area contributed by atoms with Crippen LogP contribution in [0.3, 0.4) is 0 Å². The fourth-order valence-corrected chi connectivity index (χ4v) is 3.34. The molecule has 1 fully saturated rings. The van der Waals surface area contributed by atoms with Crippen LogP contribution in [0.15, 0.2) is 42.9 Å². The second-order valence-corrected chi connectivity index (χ2v) is 6.65. The zero-order chi connectivity index (χ0) is 17.2. The first-order chi connectivity index (χ1) is 12.2. The number of benzene rings is 1. The molecule has 3 aromatic rings. The van der Waals surface area contributed by atoms with Gasteiger partial charge in [0.05, 0.1) is 6.20 Å². The molecule has 0 bridgehead atoms. The third-order valence-corrected chi connectivity index (χ3v) is 4.83. The molecular formula is C19H22N4O2. The highest BCUT2D eigenvalue weighted by Gasteiger charge is 2.29. The summed E-state index contributed by atoms with van der Waals surface area (Å²) in [6.07, 6.45) is 5.57. The van der Waals surface area contributed by atoms with E-state index in [1.165, 1.54) is 5.56 Å². The maximum absolute atomic E-state index is 10.5. The van der Waals surface area contributed by atoms with E-state index in [1.54, 1.807) is 6.20 Å². The van der Waals surface area contributed by atoms with E-state index >= 15 is 0 Å². The molecule has 130 valence electrons. The maximum atomic E-state index is 10.5. The van der Waals surface area contributed by atoms with Gasteiger partial charge in [-0.2, -0.15) is 5.10 Å². The molecule has 1 aromatic carbocycles. The third-order valence-electron chi connectivity index (χ3n) is 4.83. The van der Waals surface area contributed by atoms with Crippen molar-refractivity contribution >= 4 is 10.8 Å². The monoisotopic (exact) mass is 338 g/mol. The Hall–Kier alpha value is -2.44. The Kier molecular flexibility index (Phi) is 4.38. The van der Waals surface area contributed by atoms with E-state index in [2.05, 4.69) is 20.1 Å². The number of aliphatic hydroxyl groups excluding tert-OH is 1. The number of fused-ring (bicyclic) bond motifs is 1. The van der Waals surface area contributed by atoms with Gasteiger partial charge < -0.3 is 9.84 Å². The molecule has 0 spiro atoms. The molecule has 6 heteroatoms. The van der Waals surface area contributed by atoms with Gasteiger partial charge in [-0.1, -0.05) is 6.07 Å². The van der Waals surface area contributed by atoms with Crippen LogP contribution >= 0.6 is 0 Å². The lowest BCUT2D eigenvalue weighted by Crippen LogP contribution is -2.48. The zero-order valence-corrected chi connectivity index (χ0v) is 14.2. The summed E-state index contributed by atoms with van der Waals surface area (Å²) in [6.45, 7) is 4.31. The van der Waals surface area contributed by atoms with Crippen molar-refractivity contribution in [3.8, 4) is 5.75 Å². The first-order valence-electron chi connectivity index (χ1n) is 8.59. The van der Waals surface area contributed by atoms with Gasteiger partial charge in [-0.05, 0) is 36.9 Å². The summed E-state index contributed by atoms with van der Waals surface area (Å²) in [5.74, 6) is 0.781. The Morgan fingerprint density at radius 2 is 2.20 bits per heavy atom. The number of aromatic amines is 1. The van der Waals surface area contributed by atoms with Crippen molar-refractivity contribution in [3.63, 3.8) is 0 Å². The molecule has 0 unspecified atom stereocenters. The molecule has 1 saturated heterocycles. The van der Waals surface area contributed by atoms with Crippen LogP contribution in [-0.4, -0.2) is 50.5 Å². The second kappa shape index (κ2) is 6.82. The summed E-state index contributed by atoms with van der Waals surface area (Å²) in [6, 6.07) is 7.94. The SMILES string of the molecule is Cc1[nH]ncc1CN1CC[C@@H](Oc2ccc3ccncc3c2)[C@H](O)C1. The predicted octanol–water partition coefficient (Wildman–Crippen LogP) is 2.28. The normalized spacial score (nSPS) is 21.5. The first kappa shape index (κ1) is 16.1. The van der Waals surface area contributed by atoms with Crippen molar-refractivity contribution in [2.75, 3.05) is 13.1 Å². The number of rotatable bonds is 4. The maximum Gasteiger partial charge on any atom is 0.127 e. The Morgan fingerprint density at radius 3 is 3.00 bits per heavy atom. The molecule has 2 aromatic heterocycles. The van der Waals surface area contributed by atoms with Gasteiger partial charge in [0, 0.05) is 48.7 Å². The van der Waals surface area contributed by atoms with Crippen molar-refractivity contribution in [1.82, 2.24) is 20.1 Å². The van der Waals surface area contributed by atoms with Gasteiger partial charge in [-0.15, -0.1) is 0 Å². The molecule has 1 aliphatic rings. The molecule has 6 nitrogen and oxygen atoms in total. The smallest absolute Gasteiger partial charge is 0.127 e. The van der Waals surface area contributed by atoms with Crippen LogP contribution in [-0.2, 0) is 6.54 Å². The van der Waals surface area contributed by atoms with E-state index in [0.717, 1.165) is 41.7 Å². The van der Waals surface area contributed by atoms with Crippen molar-refractivity contribution in [2.45, 2.75) is 32.1 Å². The Bertz CT molecular complexity index is 863. The van der Waals surface area contributed by atoms with Crippen LogP contribution in [0.1, 0.15) is 17.7 Å². The lowest BCUT2D eigenvalue weighted by Gasteiger charge is -2.35. The van der Waals surface area contributed by atoms with E-state index in [9.17, 15) is 5.11 Å². The number of nitrogens with one attached hydrogen (secondary N) is 1. The molecule has 25 heavy (non-hydrogen) atoms. The fraction of sp³-hybridized carbons (Fsp3) is 0.368. The van der Waals surface area contributed by atoms with Crippen LogP contribution in [0.5, 0.6) is 5.75 Å². The predicted molar refractivity (Wildman–Crippen MR) is 95.4 cm³/mol. The minimum absolute atomic E-state index is 0.184. The highest BCUT2D eigenvalue weighted by Crippen LogP contribution is 2.24. The van der Waals surface area contributed by atoms with Gasteiger partial charge in [0.2, 0.25) is 0 Å². The topological polar surface area (TPSA) is 74.3 Å². The van der Waals surface area contributed by atoms with Gasteiger partial charge in [0.25, 0.3) is 0 Å². The van der Waals surface area contributed by atoms with Crippen molar-refractivity contribution in [2.24, 2.45) is 0 Å². The highest BCUT2D eigenvalue weighted by molar-refractivity contribution is 5.82. The number of hydrogen-bond acceptors (Lipinski definition) is 5. The molecule has 1 aliphatic heterocycles. The third kappa shape index (κ3) is 3.50. The number of piperidine rings is 1. The van der Waals surface area contributed by atoms with Crippen molar-refractivity contribution in [3.05, 3.63) is 54.1 Å². The average molecular weight is 338 g/mol. The summed E-state index contributed by atoms with van der Waals surface area (Å²) < 4.78 is 6.06. The van der Waals surface area contributed by atoms with Gasteiger partial charge >= 0.3 is 0 Å². The first-order valence-corrected chi connectivity index (χ1v) is 8.59. The number of hydrogen-bond donors (Lipinski definition) is 2. The Labute approximate surface area is 146 Å².